The Kier molecular flexibility index (Phi) is 5.54. The van der Waals surface area contributed by atoms with E-state index in [1.165, 1.54) is 11.0 Å². The number of halogens is 3. The van der Waals surface area contributed by atoms with Crippen LogP contribution in [0.25, 0.3) is 16.6 Å². The van der Waals surface area contributed by atoms with Gasteiger partial charge in [-0.25, -0.2) is 22.7 Å². The van der Waals surface area contributed by atoms with Gasteiger partial charge in [-0.15, -0.1) is 0 Å². The SMILES string of the molecule is CCN(c1nc(N)nc(N)c1C#N)c1nc2c(F)ccc(C)c2c(=O)n1-c1cc(F)cc(F)c1. The first-order valence-corrected chi connectivity index (χ1v) is 9.95. The minimum Gasteiger partial charge on any atom is -0.382 e. The van der Waals surface area contributed by atoms with E-state index < -0.39 is 23.0 Å². The van der Waals surface area contributed by atoms with Crippen LogP contribution in [0.3, 0.4) is 0 Å². The summed E-state index contributed by atoms with van der Waals surface area (Å²) in [4.78, 5) is 27.0. The Bertz CT molecular complexity index is 1540. The molecule has 2 aromatic heterocycles. The molecule has 0 saturated carbocycles. The number of hydrogen-bond donors (Lipinski definition) is 2. The normalized spacial score (nSPS) is 10.9. The van der Waals surface area contributed by atoms with E-state index in [1.807, 2.05) is 6.07 Å². The van der Waals surface area contributed by atoms with Gasteiger partial charge in [0.1, 0.15) is 40.4 Å². The Morgan fingerprint density at radius 3 is 2.38 bits per heavy atom. The van der Waals surface area contributed by atoms with E-state index in [-0.39, 0.29) is 52.2 Å². The second kappa shape index (κ2) is 8.36. The van der Waals surface area contributed by atoms with E-state index >= 15 is 0 Å². The van der Waals surface area contributed by atoms with Crippen LogP contribution in [-0.4, -0.2) is 26.1 Å². The molecule has 2 heterocycles. The van der Waals surface area contributed by atoms with Crippen LogP contribution in [0.4, 0.5) is 36.7 Å². The van der Waals surface area contributed by atoms with Crippen LogP contribution >= 0.6 is 0 Å². The molecule has 4 rings (SSSR count). The summed E-state index contributed by atoms with van der Waals surface area (Å²) >= 11 is 0. The molecule has 0 unspecified atom stereocenters. The molecule has 34 heavy (non-hydrogen) atoms. The van der Waals surface area contributed by atoms with Gasteiger partial charge in [0.25, 0.3) is 5.56 Å². The summed E-state index contributed by atoms with van der Waals surface area (Å²) in [7, 11) is 0. The van der Waals surface area contributed by atoms with Crippen LogP contribution in [0.5, 0.6) is 0 Å². The molecule has 0 aliphatic carbocycles. The second-order valence-corrected chi connectivity index (χ2v) is 7.29. The molecule has 0 amide bonds. The van der Waals surface area contributed by atoms with Crippen LogP contribution in [0.1, 0.15) is 18.1 Å². The summed E-state index contributed by atoms with van der Waals surface area (Å²) in [6.45, 7) is 3.25. The summed E-state index contributed by atoms with van der Waals surface area (Å²) < 4.78 is 43.9. The first-order chi connectivity index (χ1) is 16.2. The van der Waals surface area contributed by atoms with Crippen molar-refractivity contribution in [1.82, 2.24) is 19.5 Å². The van der Waals surface area contributed by atoms with Crippen molar-refractivity contribution < 1.29 is 13.2 Å². The van der Waals surface area contributed by atoms with Crippen LogP contribution in [-0.2, 0) is 0 Å². The molecular weight excluding hydrogens is 449 g/mol. The molecule has 0 atom stereocenters. The molecule has 0 aliphatic heterocycles. The zero-order valence-corrected chi connectivity index (χ0v) is 18.0. The molecule has 0 radical (unpaired) electrons. The lowest BCUT2D eigenvalue weighted by atomic mass is 10.1. The minimum atomic E-state index is -0.944. The highest BCUT2D eigenvalue weighted by atomic mass is 19.1. The Hall–Kier alpha value is -4.66. The summed E-state index contributed by atoms with van der Waals surface area (Å²) in [5.74, 6) is -3.53. The lowest BCUT2D eigenvalue weighted by Crippen LogP contribution is -2.31. The van der Waals surface area contributed by atoms with Crippen molar-refractivity contribution in [1.29, 1.82) is 5.26 Å². The lowest BCUT2D eigenvalue weighted by molar-refractivity contribution is 0.581. The molecular formula is C22H17F3N8O. The maximum absolute atomic E-state index is 14.8. The molecule has 0 saturated heterocycles. The van der Waals surface area contributed by atoms with Gasteiger partial charge < -0.3 is 11.5 Å². The number of nitrogen functional groups attached to an aromatic ring is 2. The van der Waals surface area contributed by atoms with Gasteiger partial charge in [-0.05, 0) is 37.6 Å². The first kappa shape index (κ1) is 22.5. The van der Waals surface area contributed by atoms with Gasteiger partial charge in [0.05, 0.1) is 11.1 Å². The number of aryl methyl sites for hydroxylation is 1. The molecule has 4 N–H and O–H groups in total. The molecule has 0 aliphatic rings. The predicted molar refractivity (Wildman–Crippen MR) is 120 cm³/mol. The second-order valence-electron chi connectivity index (χ2n) is 7.29. The van der Waals surface area contributed by atoms with Crippen molar-refractivity contribution in [2.24, 2.45) is 0 Å². The maximum Gasteiger partial charge on any atom is 0.267 e. The fourth-order valence-corrected chi connectivity index (χ4v) is 3.65. The number of benzene rings is 2. The average Bonchev–Trinajstić information content (AvgIpc) is 2.76. The van der Waals surface area contributed by atoms with Crippen LogP contribution in [0.15, 0.2) is 35.1 Å². The fourth-order valence-electron chi connectivity index (χ4n) is 3.65. The average molecular weight is 466 g/mol. The highest BCUT2D eigenvalue weighted by Crippen LogP contribution is 2.31. The van der Waals surface area contributed by atoms with E-state index in [0.717, 1.165) is 22.8 Å². The highest BCUT2D eigenvalue weighted by Gasteiger charge is 2.26. The number of nitrogens with two attached hydrogens (primary N) is 2. The number of hydrogen-bond acceptors (Lipinski definition) is 8. The smallest absolute Gasteiger partial charge is 0.267 e. The van der Waals surface area contributed by atoms with Gasteiger partial charge >= 0.3 is 0 Å². The van der Waals surface area contributed by atoms with Crippen molar-refractivity contribution in [2.75, 3.05) is 22.9 Å². The largest absolute Gasteiger partial charge is 0.382 e. The third-order valence-corrected chi connectivity index (χ3v) is 5.13. The number of fused-ring (bicyclic) bond motifs is 1. The fraction of sp³-hybridized carbons (Fsp3) is 0.136. The molecule has 4 aromatic rings. The van der Waals surface area contributed by atoms with Gasteiger partial charge in [-0.2, -0.15) is 15.2 Å². The van der Waals surface area contributed by atoms with Gasteiger partial charge in [-0.3, -0.25) is 9.69 Å². The van der Waals surface area contributed by atoms with Crippen molar-refractivity contribution in [3.05, 3.63) is 69.3 Å². The predicted octanol–water partition coefficient (Wildman–Crippen LogP) is 3.10. The Balaban J connectivity index is 2.19. The van der Waals surface area contributed by atoms with Gasteiger partial charge in [0.15, 0.2) is 5.82 Å². The van der Waals surface area contributed by atoms with E-state index in [9.17, 15) is 23.2 Å². The van der Waals surface area contributed by atoms with E-state index in [2.05, 4.69) is 15.0 Å². The maximum atomic E-state index is 14.8. The summed E-state index contributed by atoms with van der Waals surface area (Å²) in [6.07, 6.45) is 0. The monoisotopic (exact) mass is 466 g/mol. The Morgan fingerprint density at radius 2 is 1.76 bits per heavy atom. The van der Waals surface area contributed by atoms with Crippen molar-refractivity contribution in [3.63, 3.8) is 0 Å². The Labute approximate surface area is 190 Å². The van der Waals surface area contributed by atoms with Crippen molar-refractivity contribution in [2.45, 2.75) is 13.8 Å². The van der Waals surface area contributed by atoms with Crippen LogP contribution < -0.4 is 21.9 Å². The van der Waals surface area contributed by atoms with Crippen LogP contribution in [0.2, 0.25) is 0 Å². The number of nitrogens with zero attached hydrogens (tertiary/aromatic N) is 6. The molecule has 0 fully saturated rings. The highest BCUT2D eigenvalue weighted by molar-refractivity contribution is 5.84. The lowest BCUT2D eigenvalue weighted by Gasteiger charge is -2.26. The quantitative estimate of drug-likeness (QED) is 0.468. The van der Waals surface area contributed by atoms with Crippen molar-refractivity contribution >= 4 is 34.4 Å². The third kappa shape index (κ3) is 3.62. The zero-order valence-electron chi connectivity index (χ0n) is 18.0. The molecule has 0 bridgehead atoms. The molecule has 12 heteroatoms. The summed E-state index contributed by atoms with van der Waals surface area (Å²) in [6, 6.07) is 6.92. The van der Waals surface area contributed by atoms with Gasteiger partial charge in [-0.1, -0.05) is 6.07 Å². The number of aromatic nitrogens is 4. The Morgan fingerprint density at radius 1 is 1.09 bits per heavy atom. The molecule has 172 valence electrons. The topological polar surface area (TPSA) is 140 Å². The number of anilines is 4. The number of rotatable bonds is 4. The van der Waals surface area contributed by atoms with Gasteiger partial charge in [0.2, 0.25) is 11.9 Å². The first-order valence-electron chi connectivity index (χ1n) is 9.95. The minimum absolute atomic E-state index is 0.0355. The summed E-state index contributed by atoms with van der Waals surface area (Å²) in [5, 5.41) is 9.54. The van der Waals surface area contributed by atoms with E-state index in [1.54, 1.807) is 13.8 Å². The van der Waals surface area contributed by atoms with Crippen molar-refractivity contribution in [3.8, 4) is 11.8 Å². The molecule has 2 aromatic carbocycles. The molecule has 0 spiro atoms. The van der Waals surface area contributed by atoms with Crippen LogP contribution in [0, 0.1) is 35.7 Å². The third-order valence-electron chi connectivity index (χ3n) is 5.13. The van der Waals surface area contributed by atoms with E-state index in [4.69, 9.17) is 11.5 Å². The number of nitriles is 1. The zero-order chi connectivity index (χ0) is 24.7. The standard InChI is InChI=1S/C22H17F3N8O/c1-3-32(19-14(9-26)18(27)30-21(28)31-19)22-29-17-15(25)5-4-10(2)16(17)20(34)33(22)13-7-11(23)6-12(24)8-13/h4-8H,3H2,1-2H3,(H4,27,28,30,31). The summed E-state index contributed by atoms with van der Waals surface area (Å²) in [5.41, 5.74) is 10.5. The van der Waals surface area contributed by atoms with Gasteiger partial charge in [0, 0.05) is 12.6 Å². The molecule has 9 nitrogen and oxygen atoms in total. The van der Waals surface area contributed by atoms with E-state index in [0.29, 0.717) is 11.6 Å².